The number of carbonyl (C=O) groups excluding carboxylic acids is 4. The normalized spacial score (nSPS) is 13.6. The van der Waals surface area contributed by atoms with Crippen molar-refractivity contribution in [2.75, 3.05) is 39.6 Å². The Morgan fingerprint density at radius 3 is 0.489 bits per heavy atom. The van der Waals surface area contributed by atoms with Crippen LogP contribution in [-0.4, -0.2) is 84.5 Å². The minimum atomic E-state index is -1.24. The summed E-state index contributed by atoms with van der Waals surface area (Å²) in [5.41, 5.74) is 0. The first kappa shape index (κ1) is 94.1. The highest BCUT2D eigenvalue weighted by Crippen LogP contribution is 2.66. The van der Waals surface area contributed by atoms with Gasteiger partial charge in [0.05, 0.1) is 39.6 Å². The van der Waals surface area contributed by atoms with Crippen molar-refractivity contribution in [3.05, 3.63) is 0 Å². The topological polar surface area (TPSA) is 124 Å². The van der Waals surface area contributed by atoms with Crippen molar-refractivity contribution < 1.29 is 47.2 Å². The lowest BCUT2D eigenvalue weighted by atomic mass is 10.0. The molecule has 0 aromatic carbocycles. The quantitative estimate of drug-likeness (QED) is 0.0248. The summed E-state index contributed by atoms with van der Waals surface area (Å²) >= 11 is 5.93. The van der Waals surface area contributed by atoms with Crippen LogP contribution in [0.1, 0.15) is 415 Å². The molecule has 0 radical (unpaired) electrons. The Morgan fingerprint density at radius 2 is 0.340 bits per heavy atom. The molecule has 0 bridgehead atoms. The van der Waals surface area contributed by atoms with E-state index in [4.69, 9.17) is 28.0 Å². The second kappa shape index (κ2) is 75.7. The van der Waals surface area contributed by atoms with Gasteiger partial charge in [-0.2, -0.15) is 0 Å². The second-order valence-electron chi connectivity index (χ2n) is 27.2. The maximum absolute atomic E-state index is 13.3. The van der Waals surface area contributed by atoms with Crippen LogP contribution in [0.2, 0.25) is 0 Å². The van der Waals surface area contributed by atoms with Crippen molar-refractivity contribution in [1.29, 1.82) is 0 Å². The van der Waals surface area contributed by atoms with Gasteiger partial charge < -0.3 is 28.0 Å². The fourth-order valence-corrected chi connectivity index (χ4v) is 25.5. The summed E-state index contributed by atoms with van der Waals surface area (Å²) in [4.78, 5) is 53.2. The summed E-state index contributed by atoms with van der Waals surface area (Å²) in [5, 5.41) is -1.67. The van der Waals surface area contributed by atoms with Crippen molar-refractivity contribution in [3.63, 3.8) is 0 Å². The summed E-state index contributed by atoms with van der Waals surface area (Å²) in [6.07, 6.45) is 69.7. The minimum Gasteiger partial charge on any atom is -0.465 e. The maximum atomic E-state index is 13.3. The van der Waals surface area contributed by atoms with E-state index in [9.17, 15) is 19.2 Å². The van der Waals surface area contributed by atoms with Crippen molar-refractivity contribution >= 4 is 82.5 Å². The summed E-state index contributed by atoms with van der Waals surface area (Å²) in [6, 6.07) is 0. The molecule has 94 heavy (non-hydrogen) atoms. The zero-order valence-corrected chi connectivity index (χ0v) is 67.8. The van der Waals surface area contributed by atoms with Gasteiger partial charge in [0.15, 0.2) is 13.1 Å². The number of esters is 4. The van der Waals surface area contributed by atoms with Gasteiger partial charge in [-0.15, -0.1) is 0 Å². The molecule has 0 saturated heterocycles. The third kappa shape index (κ3) is 66.6. The largest absolute Gasteiger partial charge is 0.465 e. The fraction of sp³-hybridized carbons (Fsp3) is 0.949. The SMILES string of the molecule is CCCCCCCCCCCCCCCOC(=O)C(C)SP(OCCCCCCOP(SC(C)C(=O)OCCCCCCCCCCCCCCC)SC(C)C(=O)OCCCCCCCCCCCCCCC)SC(C)C(=O)OCCCCCCCCCCCCCCC. The van der Waals surface area contributed by atoms with E-state index in [0.29, 0.717) is 39.6 Å². The Hall–Kier alpha value is 0.0600. The Labute approximate surface area is 601 Å². The van der Waals surface area contributed by atoms with Gasteiger partial charge in [0.2, 0.25) is 0 Å². The molecule has 0 aromatic heterocycles. The van der Waals surface area contributed by atoms with Gasteiger partial charge in [0.25, 0.3) is 0 Å². The molecule has 0 fully saturated rings. The van der Waals surface area contributed by atoms with Crippen molar-refractivity contribution in [1.82, 2.24) is 0 Å². The third-order valence-electron chi connectivity index (χ3n) is 17.7. The van der Waals surface area contributed by atoms with Crippen LogP contribution in [0.15, 0.2) is 0 Å². The minimum absolute atomic E-state index is 0.220. The molecular formula is C78H152O10P2S4. The van der Waals surface area contributed by atoms with E-state index in [2.05, 4.69) is 27.7 Å². The summed E-state index contributed by atoms with van der Waals surface area (Å²) in [5.74, 6) is -0.881. The lowest BCUT2D eigenvalue weighted by Gasteiger charge is -2.22. The number of unbranched alkanes of at least 4 members (excludes halogenated alkanes) is 51. The van der Waals surface area contributed by atoms with Crippen molar-refractivity contribution in [3.8, 4) is 0 Å². The first-order chi connectivity index (χ1) is 46.0. The molecule has 16 heteroatoms. The van der Waals surface area contributed by atoms with Gasteiger partial charge in [-0.1, -0.05) is 394 Å². The number of carbonyl (C=O) groups is 4. The highest BCUT2D eigenvalue weighted by atomic mass is 33.1. The molecule has 0 heterocycles. The smallest absolute Gasteiger partial charge is 0.319 e. The van der Waals surface area contributed by atoms with Crippen LogP contribution < -0.4 is 0 Å². The van der Waals surface area contributed by atoms with Crippen LogP contribution in [-0.2, 0) is 47.2 Å². The monoisotopic (exact) mass is 1440 g/mol. The van der Waals surface area contributed by atoms with Crippen LogP contribution in [0.5, 0.6) is 0 Å². The zero-order chi connectivity index (χ0) is 68.7. The van der Waals surface area contributed by atoms with Gasteiger partial charge in [-0.3, -0.25) is 19.2 Å². The number of hydrogen-bond donors (Lipinski definition) is 0. The van der Waals surface area contributed by atoms with Gasteiger partial charge in [0, 0.05) is 0 Å². The number of rotatable bonds is 77. The van der Waals surface area contributed by atoms with E-state index >= 15 is 0 Å². The molecule has 0 aliphatic carbocycles. The van der Waals surface area contributed by atoms with E-state index in [-0.39, 0.29) is 23.9 Å². The van der Waals surface area contributed by atoms with E-state index < -0.39 is 34.1 Å². The molecule has 0 rings (SSSR count). The predicted octanol–water partition coefficient (Wildman–Crippen LogP) is 28.1. The van der Waals surface area contributed by atoms with E-state index in [1.54, 1.807) is 0 Å². The molecule has 0 aliphatic heterocycles. The first-order valence-corrected chi connectivity index (χ1v) is 48.7. The fourth-order valence-electron chi connectivity index (χ4n) is 11.3. The molecule has 0 spiro atoms. The van der Waals surface area contributed by atoms with Gasteiger partial charge in [0.1, 0.15) is 21.0 Å². The molecule has 10 nitrogen and oxygen atoms in total. The molecule has 558 valence electrons. The first-order valence-electron chi connectivity index (χ1n) is 40.2. The molecule has 4 atom stereocenters. The van der Waals surface area contributed by atoms with E-state index in [1.807, 2.05) is 27.7 Å². The lowest BCUT2D eigenvalue weighted by molar-refractivity contribution is -0.143. The molecule has 0 amide bonds. The van der Waals surface area contributed by atoms with Crippen LogP contribution in [0.3, 0.4) is 0 Å². The average Bonchev–Trinajstić information content (AvgIpc) is 1.82. The number of hydrogen-bond acceptors (Lipinski definition) is 14. The molecule has 0 saturated carbocycles. The van der Waals surface area contributed by atoms with Crippen LogP contribution >= 0.6 is 58.6 Å². The van der Waals surface area contributed by atoms with Crippen LogP contribution in [0.25, 0.3) is 0 Å². The molecule has 0 aliphatic rings. The zero-order valence-electron chi connectivity index (χ0n) is 62.8. The van der Waals surface area contributed by atoms with E-state index in [1.165, 1.54) is 328 Å². The van der Waals surface area contributed by atoms with Crippen molar-refractivity contribution in [2.24, 2.45) is 0 Å². The number of ether oxygens (including phenoxy) is 4. The molecule has 0 N–H and O–H groups in total. The second-order valence-corrected chi connectivity index (χ2v) is 40.1. The van der Waals surface area contributed by atoms with Gasteiger partial charge >= 0.3 is 23.9 Å². The highest BCUT2D eigenvalue weighted by Gasteiger charge is 2.29. The van der Waals surface area contributed by atoms with Crippen LogP contribution in [0.4, 0.5) is 0 Å². The third-order valence-corrected chi connectivity index (χ3v) is 31.4. The highest BCUT2D eigenvalue weighted by molar-refractivity contribution is 8.87. The van der Waals surface area contributed by atoms with Gasteiger partial charge in [-0.05, 0) is 66.2 Å². The Kier molecular flexibility index (Phi) is 75.8. The average molecular weight is 1440 g/mol. The standard InChI is InChI=1S/C78H152O10P2S4/c1-9-13-17-21-25-29-33-37-41-45-49-53-59-65-83-75(79)71(5)91-89(92-72(6)76(80)84-66-60-54-50-46-42-38-34-30-26-22-18-14-10-2)87-69-63-57-58-64-70-88-90(93-73(7)77(81)85-67-61-55-51-47-43-39-35-31-27-23-19-15-11-3)94-74(8)78(82)86-68-62-56-52-48-44-40-36-32-28-24-20-16-12-4/h71-74H,9-70H2,1-8H3. The Balaban J connectivity index is 5.27. The summed E-state index contributed by atoms with van der Waals surface area (Å²) in [7, 11) is 0. The van der Waals surface area contributed by atoms with Crippen molar-refractivity contribution in [2.45, 2.75) is 436 Å². The predicted molar refractivity (Wildman–Crippen MR) is 419 cm³/mol. The Bertz CT molecular complexity index is 1410. The lowest BCUT2D eigenvalue weighted by Crippen LogP contribution is -2.19. The molecule has 0 aromatic rings. The van der Waals surface area contributed by atoms with Crippen LogP contribution in [0, 0.1) is 0 Å². The Morgan fingerprint density at radius 1 is 0.213 bits per heavy atom. The van der Waals surface area contributed by atoms with E-state index in [0.717, 1.165) is 77.0 Å². The summed E-state index contributed by atoms with van der Waals surface area (Å²) in [6.45, 7) is 17.0. The molecular weight excluding hydrogens is 1290 g/mol. The van der Waals surface area contributed by atoms with Gasteiger partial charge in [-0.25, -0.2) is 0 Å². The summed E-state index contributed by atoms with van der Waals surface area (Å²) < 4.78 is 36.2. The maximum Gasteiger partial charge on any atom is 0.319 e. The molecule has 4 unspecified atom stereocenters.